The van der Waals surface area contributed by atoms with Crippen molar-refractivity contribution < 1.29 is 9.53 Å². The van der Waals surface area contributed by atoms with Crippen LogP contribution in [0.1, 0.15) is 38.7 Å². The number of amides is 1. The Bertz CT molecular complexity index is 463. The van der Waals surface area contributed by atoms with Crippen LogP contribution in [0, 0.1) is 0 Å². The van der Waals surface area contributed by atoms with Crippen LogP contribution in [0.4, 0.5) is 5.69 Å². The third-order valence-electron chi connectivity index (χ3n) is 2.89. The molecule has 20 heavy (non-hydrogen) atoms. The zero-order valence-electron chi connectivity index (χ0n) is 12.0. The van der Waals surface area contributed by atoms with Gasteiger partial charge in [0, 0.05) is 5.56 Å². The second kappa shape index (κ2) is 8.66. The normalized spacial score (nSPS) is 11.9. The van der Waals surface area contributed by atoms with Gasteiger partial charge < -0.3 is 15.8 Å². The number of anilines is 1. The Kier molecular flexibility index (Phi) is 7.18. The van der Waals surface area contributed by atoms with E-state index in [9.17, 15) is 4.79 Å². The highest BCUT2D eigenvalue weighted by Gasteiger charge is 2.09. The molecule has 0 aliphatic carbocycles. The van der Waals surface area contributed by atoms with E-state index in [-0.39, 0.29) is 17.0 Å². The first-order valence-corrected chi connectivity index (χ1v) is 7.25. The Morgan fingerprint density at radius 1 is 1.45 bits per heavy atom. The summed E-state index contributed by atoms with van der Waals surface area (Å²) in [5, 5.41) is 2.81. The molecule has 0 aromatic heterocycles. The lowest BCUT2D eigenvalue weighted by atomic mass is 10.1. The molecule has 0 spiro atoms. The molecule has 1 aromatic carbocycles. The molecule has 5 heteroatoms. The van der Waals surface area contributed by atoms with Crippen molar-refractivity contribution in [2.75, 3.05) is 11.9 Å². The van der Waals surface area contributed by atoms with E-state index in [0.29, 0.717) is 24.3 Å². The number of rotatable bonds is 8. The molecule has 0 fully saturated rings. The van der Waals surface area contributed by atoms with E-state index < -0.39 is 0 Å². The van der Waals surface area contributed by atoms with Gasteiger partial charge in [0.05, 0.1) is 24.8 Å². The standard InChI is InChI=1S/C15H22N2O2S/c1-3-6-11(2)19-10-9-14(18)17-13-8-5-4-7-12(13)15(16)20/h4-5,7-8,11H,3,6,9-10H2,1-2H3,(H2,16,20)(H,17,18). The zero-order valence-corrected chi connectivity index (χ0v) is 12.8. The van der Waals surface area contributed by atoms with E-state index in [1.165, 1.54) is 0 Å². The van der Waals surface area contributed by atoms with E-state index in [1.807, 2.05) is 19.1 Å². The number of nitrogens with two attached hydrogens (primary N) is 1. The van der Waals surface area contributed by atoms with Crippen LogP contribution in [0.5, 0.6) is 0 Å². The monoisotopic (exact) mass is 294 g/mol. The van der Waals surface area contributed by atoms with Crippen LogP contribution in [0.2, 0.25) is 0 Å². The van der Waals surface area contributed by atoms with Gasteiger partial charge in [-0.25, -0.2) is 0 Å². The predicted molar refractivity (Wildman–Crippen MR) is 85.9 cm³/mol. The molecular weight excluding hydrogens is 272 g/mol. The van der Waals surface area contributed by atoms with Gasteiger partial charge in [0.25, 0.3) is 0 Å². The fourth-order valence-corrected chi connectivity index (χ4v) is 2.04. The van der Waals surface area contributed by atoms with Gasteiger partial charge >= 0.3 is 0 Å². The van der Waals surface area contributed by atoms with Gasteiger partial charge in [0.15, 0.2) is 0 Å². The van der Waals surface area contributed by atoms with Gasteiger partial charge in [-0.2, -0.15) is 0 Å². The molecule has 1 rings (SSSR count). The van der Waals surface area contributed by atoms with E-state index in [1.54, 1.807) is 12.1 Å². The SMILES string of the molecule is CCCC(C)OCCC(=O)Nc1ccccc1C(N)=S. The maximum Gasteiger partial charge on any atom is 0.226 e. The van der Waals surface area contributed by atoms with Crippen molar-refractivity contribution in [2.24, 2.45) is 5.73 Å². The molecule has 0 radical (unpaired) electrons. The van der Waals surface area contributed by atoms with Crippen molar-refractivity contribution >= 4 is 28.8 Å². The van der Waals surface area contributed by atoms with Crippen molar-refractivity contribution in [2.45, 2.75) is 39.2 Å². The van der Waals surface area contributed by atoms with E-state index >= 15 is 0 Å². The lowest BCUT2D eigenvalue weighted by Gasteiger charge is -2.13. The van der Waals surface area contributed by atoms with Gasteiger partial charge in [0.1, 0.15) is 4.99 Å². The number of ether oxygens (including phenoxy) is 1. The van der Waals surface area contributed by atoms with Gasteiger partial charge in [0.2, 0.25) is 5.91 Å². The van der Waals surface area contributed by atoms with Crippen molar-refractivity contribution in [3.8, 4) is 0 Å². The van der Waals surface area contributed by atoms with Gasteiger partial charge in [-0.15, -0.1) is 0 Å². The summed E-state index contributed by atoms with van der Waals surface area (Å²) in [6, 6.07) is 7.24. The van der Waals surface area contributed by atoms with Gasteiger partial charge in [-0.1, -0.05) is 37.7 Å². The number of carbonyl (C=O) groups excluding carboxylic acids is 1. The van der Waals surface area contributed by atoms with Crippen molar-refractivity contribution in [3.63, 3.8) is 0 Å². The molecule has 0 saturated heterocycles. The summed E-state index contributed by atoms with van der Waals surface area (Å²) in [5.74, 6) is -0.0996. The molecule has 0 heterocycles. The minimum Gasteiger partial charge on any atom is -0.389 e. The zero-order chi connectivity index (χ0) is 15.0. The number of nitrogens with one attached hydrogen (secondary N) is 1. The summed E-state index contributed by atoms with van der Waals surface area (Å²) in [6.07, 6.45) is 2.59. The largest absolute Gasteiger partial charge is 0.389 e. The lowest BCUT2D eigenvalue weighted by molar-refractivity contribution is -0.117. The summed E-state index contributed by atoms with van der Waals surface area (Å²) in [6.45, 7) is 4.55. The fourth-order valence-electron chi connectivity index (χ4n) is 1.86. The first-order chi connectivity index (χ1) is 9.54. The van der Waals surface area contributed by atoms with Crippen LogP contribution >= 0.6 is 12.2 Å². The van der Waals surface area contributed by atoms with E-state index in [0.717, 1.165) is 12.8 Å². The molecule has 0 aliphatic heterocycles. The number of thiocarbonyl (C=S) groups is 1. The van der Waals surface area contributed by atoms with Crippen LogP contribution in [0.15, 0.2) is 24.3 Å². The average Bonchev–Trinajstić information content (AvgIpc) is 2.39. The molecular formula is C15H22N2O2S. The van der Waals surface area contributed by atoms with Gasteiger partial charge in [-0.05, 0) is 25.5 Å². The Hall–Kier alpha value is -1.46. The Labute approximate surface area is 125 Å². The van der Waals surface area contributed by atoms with Crippen molar-refractivity contribution in [1.82, 2.24) is 0 Å². The molecule has 1 atom stereocenters. The molecule has 0 aliphatic rings. The highest BCUT2D eigenvalue weighted by Crippen LogP contribution is 2.15. The second-order valence-electron chi connectivity index (χ2n) is 4.68. The number of hydrogen-bond donors (Lipinski definition) is 2. The minimum atomic E-state index is -0.0996. The van der Waals surface area contributed by atoms with E-state index in [2.05, 4.69) is 12.2 Å². The maximum atomic E-state index is 11.9. The van der Waals surface area contributed by atoms with Crippen LogP contribution in [0.25, 0.3) is 0 Å². The molecule has 4 nitrogen and oxygen atoms in total. The van der Waals surface area contributed by atoms with Crippen molar-refractivity contribution in [3.05, 3.63) is 29.8 Å². The Morgan fingerprint density at radius 3 is 2.80 bits per heavy atom. The number of para-hydroxylation sites is 1. The lowest BCUT2D eigenvalue weighted by Crippen LogP contribution is -2.19. The minimum absolute atomic E-state index is 0.0996. The molecule has 110 valence electrons. The summed E-state index contributed by atoms with van der Waals surface area (Å²) in [4.78, 5) is 12.1. The van der Waals surface area contributed by atoms with Crippen LogP contribution in [0.3, 0.4) is 0 Å². The average molecular weight is 294 g/mol. The number of hydrogen-bond acceptors (Lipinski definition) is 3. The smallest absolute Gasteiger partial charge is 0.226 e. The molecule has 3 N–H and O–H groups in total. The summed E-state index contributed by atoms with van der Waals surface area (Å²) in [5.41, 5.74) is 6.94. The first-order valence-electron chi connectivity index (χ1n) is 6.84. The summed E-state index contributed by atoms with van der Waals surface area (Å²) >= 11 is 4.95. The maximum absolute atomic E-state index is 11.9. The highest BCUT2D eigenvalue weighted by molar-refractivity contribution is 7.80. The molecule has 1 aromatic rings. The van der Waals surface area contributed by atoms with Crippen LogP contribution < -0.4 is 11.1 Å². The predicted octanol–water partition coefficient (Wildman–Crippen LogP) is 2.85. The molecule has 0 bridgehead atoms. The number of benzene rings is 1. The molecule has 1 unspecified atom stereocenters. The third kappa shape index (κ3) is 5.67. The van der Waals surface area contributed by atoms with E-state index in [4.69, 9.17) is 22.7 Å². The second-order valence-corrected chi connectivity index (χ2v) is 5.12. The van der Waals surface area contributed by atoms with Gasteiger partial charge in [-0.3, -0.25) is 4.79 Å². The summed E-state index contributed by atoms with van der Waals surface area (Å²) in [7, 11) is 0. The fraction of sp³-hybridized carbons (Fsp3) is 0.467. The van der Waals surface area contributed by atoms with Crippen molar-refractivity contribution in [1.29, 1.82) is 0 Å². The topological polar surface area (TPSA) is 64.3 Å². The summed E-state index contributed by atoms with van der Waals surface area (Å²) < 4.78 is 5.56. The highest BCUT2D eigenvalue weighted by atomic mass is 32.1. The first kappa shape index (κ1) is 16.6. The number of carbonyl (C=O) groups is 1. The van der Waals surface area contributed by atoms with Crippen LogP contribution in [-0.2, 0) is 9.53 Å². The molecule has 1 amide bonds. The Morgan fingerprint density at radius 2 is 2.15 bits per heavy atom. The molecule has 0 saturated carbocycles. The van der Waals surface area contributed by atoms with Crippen LogP contribution in [-0.4, -0.2) is 23.6 Å². The third-order valence-corrected chi connectivity index (χ3v) is 3.11. The quantitative estimate of drug-likeness (QED) is 0.724. The Balaban J connectivity index is 2.45.